The van der Waals surface area contributed by atoms with Crippen LogP contribution in [0.3, 0.4) is 0 Å². The fourth-order valence-electron chi connectivity index (χ4n) is 2.18. The molecule has 120 valence electrons. The minimum absolute atomic E-state index is 0.0631. The molecule has 0 aliphatic rings. The normalized spacial score (nSPS) is 12.9. The number of aromatic nitrogens is 1. The lowest BCUT2D eigenvalue weighted by Crippen LogP contribution is -2.16. The lowest BCUT2D eigenvalue weighted by molar-refractivity contribution is 0.595. The average molecular weight is 371 g/mol. The Morgan fingerprint density at radius 2 is 1.91 bits per heavy atom. The van der Waals surface area contributed by atoms with Crippen molar-refractivity contribution in [3.63, 3.8) is 0 Å². The van der Waals surface area contributed by atoms with Crippen molar-refractivity contribution < 1.29 is 12.8 Å². The Morgan fingerprint density at radius 3 is 2.57 bits per heavy atom. The Hall–Kier alpha value is -1.70. The molecule has 0 fully saturated rings. The van der Waals surface area contributed by atoms with Crippen LogP contribution < -0.4 is 4.80 Å². The van der Waals surface area contributed by atoms with Gasteiger partial charge >= 0.3 is 0 Å². The summed E-state index contributed by atoms with van der Waals surface area (Å²) in [6, 6.07) is 10.2. The molecule has 0 saturated heterocycles. The molecule has 0 radical (unpaired) electrons. The summed E-state index contributed by atoms with van der Waals surface area (Å²) in [6.45, 7) is 2.41. The molecule has 0 unspecified atom stereocenters. The quantitative estimate of drug-likeness (QED) is 0.704. The summed E-state index contributed by atoms with van der Waals surface area (Å²) >= 11 is 6.91. The lowest BCUT2D eigenvalue weighted by atomic mass is 10.3. The molecule has 3 aromatic rings. The van der Waals surface area contributed by atoms with E-state index in [-0.39, 0.29) is 10.7 Å². The smallest absolute Gasteiger partial charge is 0.285 e. The van der Waals surface area contributed by atoms with Gasteiger partial charge < -0.3 is 4.57 Å². The summed E-state index contributed by atoms with van der Waals surface area (Å²) in [5.74, 6) is -0.367. The van der Waals surface area contributed by atoms with E-state index in [4.69, 9.17) is 11.6 Å². The van der Waals surface area contributed by atoms with Crippen LogP contribution in [-0.2, 0) is 16.6 Å². The number of hydrogen-bond donors (Lipinski definition) is 0. The first-order valence-corrected chi connectivity index (χ1v) is 9.39. The molecule has 4 nitrogen and oxygen atoms in total. The number of nitrogens with zero attached hydrogens (tertiary/aromatic N) is 2. The molecule has 0 atom stereocenters. The first-order valence-electron chi connectivity index (χ1n) is 6.76. The van der Waals surface area contributed by atoms with Gasteiger partial charge in [-0.25, -0.2) is 4.39 Å². The molecule has 0 saturated carbocycles. The first-order chi connectivity index (χ1) is 10.9. The molecule has 0 N–H and O–H groups in total. The highest BCUT2D eigenvalue weighted by molar-refractivity contribution is 7.90. The molecule has 3 rings (SSSR count). The number of sulfonamides is 1. The molecule has 0 bridgehead atoms. The SMILES string of the molecule is CCn1/c(=N/S(=O)(=O)c2ccc(Cl)cc2)sc2cc(F)ccc21. The van der Waals surface area contributed by atoms with Crippen LogP contribution in [0.15, 0.2) is 51.8 Å². The predicted octanol–water partition coefficient (Wildman–Crippen LogP) is 3.80. The van der Waals surface area contributed by atoms with E-state index in [1.54, 1.807) is 10.6 Å². The molecular formula is C15H12ClFN2O2S2. The molecule has 1 aromatic heterocycles. The lowest BCUT2D eigenvalue weighted by Gasteiger charge is -2.01. The van der Waals surface area contributed by atoms with E-state index < -0.39 is 10.0 Å². The molecule has 0 aliphatic heterocycles. The van der Waals surface area contributed by atoms with E-state index in [9.17, 15) is 12.8 Å². The maximum Gasteiger partial charge on any atom is 0.285 e. The Labute approximate surface area is 141 Å². The number of aryl methyl sites for hydroxylation is 1. The van der Waals surface area contributed by atoms with Crippen molar-refractivity contribution in [3.05, 3.63) is 58.1 Å². The van der Waals surface area contributed by atoms with Crippen molar-refractivity contribution in [2.75, 3.05) is 0 Å². The van der Waals surface area contributed by atoms with Gasteiger partial charge in [-0.05, 0) is 49.4 Å². The van der Waals surface area contributed by atoms with Crippen LogP contribution in [0, 0.1) is 5.82 Å². The third kappa shape index (κ3) is 3.17. The van der Waals surface area contributed by atoms with E-state index in [0.717, 1.165) is 16.9 Å². The first kappa shape index (κ1) is 16.2. The van der Waals surface area contributed by atoms with Crippen molar-refractivity contribution in [1.82, 2.24) is 4.57 Å². The second kappa shape index (κ2) is 6.07. The third-order valence-corrected chi connectivity index (χ3v) is 5.96. The zero-order valence-electron chi connectivity index (χ0n) is 12.0. The van der Waals surface area contributed by atoms with Crippen LogP contribution >= 0.6 is 22.9 Å². The van der Waals surface area contributed by atoms with E-state index in [1.807, 2.05) is 6.92 Å². The van der Waals surface area contributed by atoms with E-state index in [2.05, 4.69) is 4.40 Å². The topological polar surface area (TPSA) is 51.4 Å². The molecular weight excluding hydrogens is 359 g/mol. The van der Waals surface area contributed by atoms with Crippen LogP contribution in [-0.4, -0.2) is 13.0 Å². The Balaban J connectivity index is 2.22. The highest BCUT2D eigenvalue weighted by Crippen LogP contribution is 2.20. The largest absolute Gasteiger partial charge is 0.316 e. The molecule has 23 heavy (non-hydrogen) atoms. The van der Waals surface area contributed by atoms with Crippen molar-refractivity contribution >= 4 is 43.2 Å². The Bertz CT molecular complexity index is 1040. The van der Waals surface area contributed by atoms with Gasteiger partial charge in [-0.1, -0.05) is 22.9 Å². The molecule has 0 amide bonds. The van der Waals surface area contributed by atoms with Gasteiger partial charge in [0, 0.05) is 11.6 Å². The maximum absolute atomic E-state index is 13.4. The van der Waals surface area contributed by atoms with Gasteiger partial charge in [-0.2, -0.15) is 8.42 Å². The summed E-state index contributed by atoms with van der Waals surface area (Å²) < 4.78 is 44.5. The van der Waals surface area contributed by atoms with Gasteiger partial charge in [0.25, 0.3) is 10.0 Å². The molecule has 1 heterocycles. The van der Waals surface area contributed by atoms with Gasteiger partial charge in [0.1, 0.15) is 5.82 Å². The van der Waals surface area contributed by atoms with Crippen LogP contribution in [0.4, 0.5) is 4.39 Å². The van der Waals surface area contributed by atoms with Gasteiger partial charge in [0.2, 0.25) is 4.80 Å². The maximum atomic E-state index is 13.4. The monoisotopic (exact) mass is 370 g/mol. The summed E-state index contributed by atoms with van der Waals surface area (Å²) in [7, 11) is -3.86. The average Bonchev–Trinajstić information content (AvgIpc) is 2.82. The number of rotatable bonds is 3. The molecule has 0 spiro atoms. The van der Waals surface area contributed by atoms with Crippen molar-refractivity contribution in [2.45, 2.75) is 18.4 Å². The summed E-state index contributed by atoms with van der Waals surface area (Å²) in [4.78, 5) is 0.372. The highest BCUT2D eigenvalue weighted by Gasteiger charge is 2.14. The van der Waals surface area contributed by atoms with Gasteiger partial charge in [-0.3, -0.25) is 0 Å². The number of hydrogen-bond acceptors (Lipinski definition) is 3. The van der Waals surface area contributed by atoms with Crippen LogP contribution in [0.2, 0.25) is 5.02 Å². The second-order valence-electron chi connectivity index (χ2n) is 4.76. The zero-order valence-corrected chi connectivity index (χ0v) is 14.4. The van der Waals surface area contributed by atoms with E-state index in [0.29, 0.717) is 21.1 Å². The number of fused-ring (bicyclic) bond motifs is 1. The molecule has 0 aliphatic carbocycles. The van der Waals surface area contributed by atoms with Crippen molar-refractivity contribution in [3.8, 4) is 0 Å². The van der Waals surface area contributed by atoms with Crippen molar-refractivity contribution in [2.24, 2.45) is 4.40 Å². The van der Waals surface area contributed by atoms with Gasteiger partial charge in [0.15, 0.2) is 0 Å². The summed E-state index contributed by atoms with van der Waals surface area (Å²) in [5, 5.41) is 0.449. The third-order valence-electron chi connectivity index (χ3n) is 3.27. The van der Waals surface area contributed by atoms with Gasteiger partial charge in [-0.15, -0.1) is 4.40 Å². The predicted molar refractivity (Wildman–Crippen MR) is 89.6 cm³/mol. The van der Waals surface area contributed by atoms with Crippen molar-refractivity contribution in [1.29, 1.82) is 0 Å². The number of benzene rings is 2. The van der Waals surface area contributed by atoms with Gasteiger partial charge in [0.05, 0.1) is 15.1 Å². The Kier molecular flexibility index (Phi) is 4.27. The molecule has 2 aromatic carbocycles. The summed E-state index contributed by atoms with van der Waals surface area (Å²) in [6.07, 6.45) is 0. The van der Waals surface area contributed by atoms with Crippen LogP contribution in [0.5, 0.6) is 0 Å². The standard InChI is InChI=1S/C15H12ClFN2O2S2/c1-2-19-13-8-5-11(17)9-14(13)22-15(19)18-23(20,21)12-6-3-10(16)4-7-12/h3-9H,2H2,1H3/b18-15-. The van der Waals surface area contributed by atoms with E-state index in [1.165, 1.54) is 36.4 Å². The minimum atomic E-state index is -3.86. The fourth-order valence-corrected chi connectivity index (χ4v) is 4.63. The zero-order chi connectivity index (χ0) is 16.6. The number of thiazole rings is 1. The Morgan fingerprint density at radius 1 is 1.22 bits per heavy atom. The highest BCUT2D eigenvalue weighted by atomic mass is 35.5. The second-order valence-corrected chi connectivity index (χ2v) is 7.81. The van der Waals surface area contributed by atoms with Crippen LogP contribution in [0.1, 0.15) is 6.92 Å². The van der Waals surface area contributed by atoms with Crippen LogP contribution in [0.25, 0.3) is 10.2 Å². The summed E-state index contributed by atoms with van der Waals surface area (Å²) in [5.41, 5.74) is 0.754. The molecule has 8 heteroatoms. The van der Waals surface area contributed by atoms with E-state index >= 15 is 0 Å². The fraction of sp³-hybridized carbons (Fsp3) is 0.133. The number of halogens is 2. The minimum Gasteiger partial charge on any atom is -0.316 e.